The van der Waals surface area contributed by atoms with Gasteiger partial charge in [0.15, 0.2) is 11.6 Å². The molecule has 0 spiro atoms. The zero-order chi connectivity index (χ0) is 17.4. The lowest BCUT2D eigenvalue weighted by Gasteiger charge is -2.09. The summed E-state index contributed by atoms with van der Waals surface area (Å²) in [6.45, 7) is 3.85. The van der Waals surface area contributed by atoms with Crippen molar-refractivity contribution in [1.82, 2.24) is 19.9 Å². The highest BCUT2D eigenvalue weighted by Crippen LogP contribution is 2.38. The standard InChI is InChI=1S/C18H19N5O2/c1-3-12-6-4-5-7-14(12)23-17(20-16(21-23)13-8-9-13)18(24)19-15-10-11(2)25-22-15/h4-7,10,13H,3,8-9H2,1-2H3,(H,19,22,24). The van der Waals surface area contributed by atoms with Crippen molar-refractivity contribution < 1.29 is 9.32 Å². The molecule has 1 aliphatic rings. The Hall–Kier alpha value is -2.96. The molecule has 7 heteroatoms. The minimum absolute atomic E-state index is 0.267. The molecule has 1 amide bonds. The first-order valence-electron chi connectivity index (χ1n) is 8.45. The Morgan fingerprint density at radius 2 is 2.16 bits per heavy atom. The number of aromatic nitrogens is 4. The minimum atomic E-state index is -0.349. The number of carbonyl (C=O) groups excluding carboxylic acids is 1. The summed E-state index contributed by atoms with van der Waals surface area (Å²) in [5, 5.41) is 11.2. The van der Waals surface area contributed by atoms with Gasteiger partial charge in [0.1, 0.15) is 5.76 Å². The zero-order valence-electron chi connectivity index (χ0n) is 14.2. The SMILES string of the molecule is CCc1ccccc1-n1nc(C2CC2)nc1C(=O)Nc1cc(C)on1. The van der Waals surface area contributed by atoms with Crippen molar-refractivity contribution in [3.8, 4) is 5.69 Å². The fourth-order valence-electron chi connectivity index (χ4n) is 2.77. The van der Waals surface area contributed by atoms with E-state index in [2.05, 4.69) is 27.5 Å². The molecule has 1 aromatic carbocycles. The van der Waals surface area contributed by atoms with Crippen LogP contribution in [0, 0.1) is 6.92 Å². The molecule has 3 aromatic rings. The number of nitrogens with one attached hydrogen (secondary N) is 1. The van der Waals surface area contributed by atoms with Crippen LogP contribution in [0.3, 0.4) is 0 Å². The zero-order valence-corrected chi connectivity index (χ0v) is 14.2. The van der Waals surface area contributed by atoms with E-state index < -0.39 is 0 Å². The third-order valence-corrected chi connectivity index (χ3v) is 4.24. The highest BCUT2D eigenvalue weighted by atomic mass is 16.5. The van der Waals surface area contributed by atoms with Crippen LogP contribution in [0.2, 0.25) is 0 Å². The van der Waals surface area contributed by atoms with E-state index in [0.717, 1.165) is 36.3 Å². The number of amides is 1. The van der Waals surface area contributed by atoms with Crippen LogP contribution in [0.15, 0.2) is 34.9 Å². The fourth-order valence-corrected chi connectivity index (χ4v) is 2.77. The average Bonchev–Trinajstić information content (AvgIpc) is 3.25. The number of aryl methyl sites for hydroxylation is 2. The largest absolute Gasteiger partial charge is 0.360 e. The molecule has 1 aliphatic carbocycles. The second kappa shape index (κ2) is 6.16. The molecule has 0 bridgehead atoms. The van der Waals surface area contributed by atoms with Crippen LogP contribution < -0.4 is 5.32 Å². The maximum Gasteiger partial charge on any atom is 0.294 e. The number of anilines is 1. The van der Waals surface area contributed by atoms with Gasteiger partial charge in [-0.1, -0.05) is 30.3 Å². The molecule has 128 valence electrons. The van der Waals surface area contributed by atoms with Gasteiger partial charge in [-0.05, 0) is 37.8 Å². The molecule has 0 unspecified atom stereocenters. The van der Waals surface area contributed by atoms with E-state index in [0.29, 0.717) is 17.5 Å². The van der Waals surface area contributed by atoms with E-state index in [1.165, 1.54) is 0 Å². The molecule has 4 rings (SSSR count). The molecular weight excluding hydrogens is 318 g/mol. The molecule has 0 saturated heterocycles. The molecule has 7 nitrogen and oxygen atoms in total. The topological polar surface area (TPSA) is 85.8 Å². The summed E-state index contributed by atoms with van der Waals surface area (Å²) in [6.07, 6.45) is 2.99. The molecule has 1 N–H and O–H groups in total. The number of rotatable bonds is 5. The second-order valence-corrected chi connectivity index (χ2v) is 6.24. The highest BCUT2D eigenvalue weighted by Gasteiger charge is 2.31. The second-order valence-electron chi connectivity index (χ2n) is 6.24. The van der Waals surface area contributed by atoms with Gasteiger partial charge < -0.3 is 9.84 Å². The van der Waals surface area contributed by atoms with Crippen molar-refractivity contribution in [2.75, 3.05) is 5.32 Å². The van der Waals surface area contributed by atoms with Gasteiger partial charge in [-0.25, -0.2) is 9.67 Å². The summed E-state index contributed by atoms with van der Waals surface area (Å²) >= 11 is 0. The van der Waals surface area contributed by atoms with Crippen LogP contribution in [0.4, 0.5) is 5.82 Å². The van der Waals surface area contributed by atoms with Gasteiger partial charge in [0.05, 0.1) is 5.69 Å². The van der Waals surface area contributed by atoms with Gasteiger partial charge in [-0.2, -0.15) is 5.10 Å². The first kappa shape index (κ1) is 15.6. The highest BCUT2D eigenvalue weighted by molar-refractivity contribution is 6.01. The molecule has 2 aromatic heterocycles. The van der Waals surface area contributed by atoms with E-state index in [-0.39, 0.29) is 11.7 Å². The molecule has 2 heterocycles. The fraction of sp³-hybridized carbons (Fsp3) is 0.333. The Kier molecular flexibility index (Phi) is 3.83. The van der Waals surface area contributed by atoms with Crippen molar-refractivity contribution in [2.45, 2.75) is 39.0 Å². The molecule has 0 atom stereocenters. The first-order valence-corrected chi connectivity index (χ1v) is 8.45. The van der Waals surface area contributed by atoms with E-state index in [1.807, 2.05) is 24.3 Å². The number of carbonyl (C=O) groups is 1. The van der Waals surface area contributed by atoms with Crippen LogP contribution in [0.1, 0.15) is 53.5 Å². The van der Waals surface area contributed by atoms with Gasteiger partial charge in [0.2, 0.25) is 5.82 Å². The third kappa shape index (κ3) is 3.05. The van der Waals surface area contributed by atoms with Gasteiger partial charge in [-0.3, -0.25) is 4.79 Å². The number of para-hydroxylation sites is 1. The number of hydrogen-bond donors (Lipinski definition) is 1. The predicted octanol–water partition coefficient (Wildman–Crippen LogP) is 3.26. The maximum absolute atomic E-state index is 12.8. The summed E-state index contributed by atoms with van der Waals surface area (Å²) < 4.78 is 6.65. The molecule has 1 saturated carbocycles. The summed E-state index contributed by atoms with van der Waals surface area (Å²) in [6, 6.07) is 9.59. The molecule has 25 heavy (non-hydrogen) atoms. The summed E-state index contributed by atoms with van der Waals surface area (Å²) in [5.41, 5.74) is 1.99. The van der Waals surface area contributed by atoms with Crippen molar-refractivity contribution in [3.05, 3.63) is 53.3 Å². The Morgan fingerprint density at radius 1 is 1.36 bits per heavy atom. The Bertz CT molecular complexity index is 923. The first-order chi connectivity index (χ1) is 12.2. The smallest absolute Gasteiger partial charge is 0.294 e. The summed E-state index contributed by atoms with van der Waals surface area (Å²) in [7, 11) is 0. The Labute approximate surface area is 145 Å². The van der Waals surface area contributed by atoms with Gasteiger partial charge in [0.25, 0.3) is 5.91 Å². The quantitative estimate of drug-likeness (QED) is 0.772. The van der Waals surface area contributed by atoms with Crippen LogP contribution in [0.25, 0.3) is 5.69 Å². The maximum atomic E-state index is 12.8. The lowest BCUT2D eigenvalue weighted by Crippen LogP contribution is -2.19. The number of hydrogen-bond acceptors (Lipinski definition) is 5. The lowest BCUT2D eigenvalue weighted by molar-refractivity contribution is 0.101. The van der Waals surface area contributed by atoms with Crippen LogP contribution in [0.5, 0.6) is 0 Å². The third-order valence-electron chi connectivity index (χ3n) is 4.24. The molecule has 0 aliphatic heterocycles. The number of benzene rings is 1. The van der Waals surface area contributed by atoms with Crippen molar-refractivity contribution in [2.24, 2.45) is 0 Å². The molecule has 1 fully saturated rings. The normalized spacial score (nSPS) is 13.8. The van der Waals surface area contributed by atoms with Crippen molar-refractivity contribution in [3.63, 3.8) is 0 Å². The van der Waals surface area contributed by atoms with Crippen LogP contribution >= 0.6 is 0 Å². The molecule has 0 radical (unpaired) electrons. The van der Waals surface area contributed by atoms with E-state index in [1.54, 1.807) is 17.7 Å². The van der Waals surface area contributed by atoms with E-state index in [4.69, 9.17) is 4.52 Å². The van der Waals surface area contributed by atoms with Crippen molar-refractivity contribution >= 4 is 11.7 Å². The predicted molar refractivity (Wildman–Crippen MR) is 91.9 cm³/mol. The molecular formula is C18H19N5O2. The Balaban J connectivity index is 1.74. The van der Waals surface area contributed by atoms with E-state index >= 15 is 0 Å². The van der Waals surface area contributed by atoms with Crippen LogP contribution in [-0.2, 0) is 6.42 Å². The van der Waals surface area contributed by atoms with E-state index in [9.17, 15) is 4.79 Å². The van der Waals surface area contributed by atoms with Gasteiger partial charge in [-0.15, -0.1) is 0 Å². The lowest BCUT2D eigenvalue weighted by atomic mass is 10.1. The number of nitrogens with zero attached hydrogens (tertiary/aromatic N) is 4. The summed E-state index contributed by atoms with van der Waals surface area (Å²) in [5.74, 6) is 2.01. The monoisotopic (exact) mass is 337 g/mol. The van der Waals surface area contributed by atoms with Gasteiger partial charge in [0, 0.05) is 12.0 Å². The van der Waals surface area contributed by atoms with Crippen molar-refractivity contribution in [1.29, 1.82) is 0 Å². The van der Waals surface area contributed by atoms with Crippen LogP contribution in [-0.4, -0.2) is 25.8 Å². The van der Waals surface area contributed by atoms with Gasteiger partial charge >= 0.3 is 0 Å². The minimum Gasteiger partial charge on any atom is -0.360 e. The average molecular weight is 337 g/mol. The summed E-state index contributed by atoms with van der Waals surface area (Å²) in [4.78, 5) is 17.3. The Morgan fingerprint density at radius 3 is 2.84 bits per heavy atom.